The van der Waals surface area contributed by atoms with Gasteiger partial charge in [-0.25, -0.2) is 0 Å². The maximum atomic E-state index is 10.7. The van der Waals surface area contributed by atoms with Crippen molar-refractivity contribution in [2.75, 3.05) is 26.2 Å². The van der Waals surface area contributed by atoms with Gasteiger partial charge in [-0.15, -0.1) is 0 Å². The van der Waals surface area contributed by atoms with Crippen molar-refractivity contribution in [1.29, 1.82) is 0 Å². The third-order valence-electron chi connectivity index (χ3n) is 3.70. The Bertz CT molecular complexity index is 397. The molecule has 1 aliphatic heterocycles. The van der Waals surface area contributed by atoms with Crippen molar-refractivity contribution >= 4 is 6.29 Å². The molecule has 104 valence electrons. The molecule has 1 aliphatic rings. The lowest BCUT2D eigenvalue weighted by Gasteiger charge is -2.29. The average molecular weight is 261 g/mol. The molecule has 0 aromatic heterocycles. The highest BCUT2D eigenvalue weighted by molar-refractivity contribution is 5.53. The summed E-state index contributed by atoms with van der Waals surface area (Å²) in [5.41, 5.74) is 1.23. The molecular weight excluding hydrogens is 238 g/mol. The molecule has 1 fully saturated rings. The Kier molecular flexibility index (Phi) is 5.40. The first-order valence-corrected chi connectivity index (χ1v) is 7.15. The Labute approximate surface area is 115 Å². The van der Waals surface area contributed by atoms with Gasteiger partial charge < -0.3 is 14.4 Å². The number of aryl methyl sites for hydroxylation is 1. The molecule has 1 saturated heterocycles. The Hall–Kier alpha value is -1.35. The van der Waals surface area contributed by atoms with E-state index in [0.717, 1.165) is 57.5 Å². The highest BCUT2D eigenvalue weighted by Crippen LogP contribution is 2.15. The highest BCUT2D eigenvalue weighted by atomic mass is 16.5. The minimum atomic E-state index is 0.291. The maximum Gasteiger partial charge on any atom is 0.123 e. The smallest absolute Gasteiger partial charge is 0.123 e. The summed E-state index contributed by atoms with van der Waals surface area (Å²) in [6.45, 7) is 6.00. The average Bonchev–Trinajstić information content (AvgIpc) is 2.44. The molecule has 3 heteroatoms. The Balaban J connectivity index is 1.61. The Morgan fingerprint density at radius 1 is 1.37 bits per heavy atom. The number of benzene rings is 1. The first-order chi connectivity index (χ1) is 9.28. The molecule has 0 N–H and O–H groups in total. The van der Waals surface area contributed by atoms with Crippen molar-refractivity contribution in [2.24, 2.45) is 5.92 Å². The molecule has 0 spiro atoms. The summed E-state index contributed by atoms with van der Waals surface area (Å²) in [6, 6.07) is 8.16. The quantitative estimate of drug-likeness (QED) is 0.582. The summed E-state index contributed by atoms with van der Waals surface area (Å²) in [5.74, 6) is 1.25. The fourth-order valence-electron chi connectivity index (χ4n) is 2.50. The zero-order chi connectivity index (χ0) is 13.5. The van der Waals surface area contributed by atoms with E-state index in [2.05, 4.69) is 24.0 Å². The van der Waals surface area contributed by atoms with E-state index < -0.39 is 0 Å². The number of aldehydes is 1. The second kappa shape index (κ2) is 7.29. The van der Waals surface area contributed by atoms with Crippen LogP contribution in [0.2, 0.25) is 0 Å². The van der Waals surface area contributed by atoms with Crippen LogP contribution in [0.15, 0.2) is 24.3 Å². The third kappa shape index (κ3) is 4.67. The molecule has 1 aromatic carbocycles. The van der Waals surface area contributed by atoms with Gasteiger partial charge in [0.25, 0.3) is 0 Å². The van der Waals surface area contributed by atoms with Crippen LogP contribution in [0.1, 0.15) is 24.8 Å². The SMILES string of the molecule is Cc1cccc(OCCCN2CCC(C=O)CC2)c1. The van der Waals surface area contributed by atoms with E-state index in [1.807, 2.05) is 12.1 Å². The lowest BCUT2D eigenvalue weighted by atomic mass is 9.98. The van der Waals surface area contributed by atoms with Crippen LogP contribution < -0.4 is 4.74 Å². The van der Waals surface area contributed by atoms with Crippen LogP contribution in [0.3, 0.4) is 0 Å². The van der Waals surface area contributed by atoms with E-state index >= 15 is 0 Å². The molecule has 0 radical (unpaired) electrons. The fraction of sp³-hybridized carbons (Fsp3) is 0.562. The normalized spacial score (nSPS) is 17.3. The molecule has 0 amide bonds. The van der Waals surface area contributed by atoms with Crippen LogP contribution in [0.25, 0.3) is 0 Å². The van der Waals surface area contributed by atoms with Crippen LogP contribution in [0, 0.1) is 12.8 Å². The molecule has 0 unspecified atom stereocenters. The van der Waals surface area contributed by atoms with Crippen molar-refractivity contribution in [1.82, 2.24) is 4.90 Å². The van der Waals surface area contributed by atoms with Gasteiger partial charge in [0.05, 0.1) is 6.61 Å². The molecule has 0 saturated carbocycles. The topological polar surface area (TPSA) is 29.5 Å². The number of hydrogen-bond acceptors (Lipinski definition) is 3. The van der Waals surface area contributed by atoms with E-state index in [1.54, 1.807) is 0 Å². The minimum Gasteiger partial charge on any atom is -0.494 e. The first kappa shape index (κ1) is 14.1. The third-order valence-corrected chi connectivity index (χ3v) is 3.70. The van der Waals surface area contributed by atoms with Gasteiger partial charge in [0.15, 0.2) is 0 Å². The summed E-state index contributed by atoms with van der Waals surface area (Å²) in [5, 5.41) is 0. The first-order valence-electron chi connectivity index (χ1n) is 7.15. The van der Waals surface area contributed by atoms with Crippen LogP contribution in [0.5, 0.6) is 5.75 Å². The van der Waals surface area contributed by atoms with Gasteiger partial charge in [0, 0.05) is 12.5 Å². The van der Waals surface area contributed by atoms with Gasteiger partial charge in [0.2, 0.25) is 0 Å². The summed E-state index contributed by atoms with van der Waals surface area (Å²) in [7, 11) is 0. The Morgan fingerprint density at radius 3 is 2.84 bits per heavy atom. The van der Waals surface area contributed by atoms with E-state index in [0.29, 0.717) is 5.92 Å². The van der Waals surface area contributed by atoms with E-state index in [1.165, 1.54) is 5.56 Å². The number of carbonyl (C=O) groups excluding carboxylic acids is 1. The largest absolute Gasteiger partial charge is 0.494 e. The lowest BCUT2D eigenvalue weighted by Crippen LogP contribution is -2.35. The summed E-state index contributed by atoms with van der Waals surface area (Å²) in [6.07, 6.45) is 4.18. The van der Waals surface area contributed by atoms with Gasteiger partial charge in [-0.2, -0.15) is 0 Å². The molecule has 0 atom stereocenters. The number of likely N-dealkylation sites (tertiary alicyclic amines) is 1. The maximum absolute atomic E-state index is 10.7. The Morgan fingerprint density at radius 2 is 2.16 bits per heavy atom. The van der Waals surface area contributed by atoms with E-state index in [9.17, 15) is 4.79 Å². The highest BCUT2D eigenvalue weighted by Gasteiger charge is 2.17. The zero-order valence-electron chi connectivity index (χ0n) is 11.7. The number of rotatable bonds is 6. The number of ether oxygens (including phenoxy) is 1. The molecule has 2 rings (SSSR count). The van der Waals surface area contributed by atoms with Crippen molar-refractivity contribution in [3.05, 3.63) is 29.8 Å². The molecule has 1 aromatic rings. The molecule has 0 aliphatic carbocycles. The fourth-order valence-corrected chi connectivity index (χ4v) is 2.50. The van der Waals surface area contributed by atoms with Crippen LogP contribution in [0.4, 0.5) is 0 Å². The number of hydrogen-bond donors (Lipinski definition) is 0. The zero-order valence-corrected chi connectivity index (χ0v) is 11.7. The van der Waals surface area contributed by atoms with Gasteiger partial charge in [0.1, 0.15) is 12.0 Å². The predicted octanol–water partition coefficient (Wildman–Crippen LogP) is 2.67. The van der Waals surface area contributed by atoms with Gasteiger partial charge >= 0.3 is 0 Å². The van der Waals surface area contributed by atoms with Crippen LogP contribution >= 0.6 is 0 Å². The van der Waals surface area contributed by atoms with E-state index in [4.69, 9.17) is 4.74 Å². The molecule has 3 nitrogen and oxygen atoms in total. The second-order valence-electron chi connectivity index (χ2n) is 5.33. The van der Waals surface area contributed by atoms with Crippen molar-refractivity contribution in [2.45, 2.75) is 26.2 Å². The van der Waals surface area contributed by atoms with Crippen LogP contribution in [-0.2, 0) is 4.79 Å². The molecule has 0 bridgehead atoms. The van der Waals surface area contributed by atoms with Gasteiger partial charge in [-0.05, 0) is 57.0 Å². The summed E-state index contributed by atoms with van der Waals surface area (Å²) in [4.78, 5) is 13.1. The molecular formula is C16H23NO2. The standard InChI is InChI=1S/C16H23NO2/c1-14-4-2-5-16(12-14)19-11-3-8-17-9-6-15(13-18)7-10-17/h2,4-5,12-13,15H,3,6-11H2,1H3. The summed E-state index contributed by atoms with van der Waals surface area (Å²) >= 11 is 0. The second-order valence-corrected chi connectivity index (χ2v) is 5.33. The van der Waals surface area contributed by atoms with Crippen LogP contribution in [-0.4, -0.2) is 37.4 Å². The van der Waals surface area contributed by atoms with Gasteiger partial charge in [-0.3, -0.25) is 0 Å². The monoisotopic (exact) mass is 261 g/mol. The lowest BCUT2D eigenvalue weighted by molar-refractivity contribution is -0.112. The van der Waals surface area contributed by atoms with Gasteiger partial charge in [-0.1, -0.05) is 12.1 Å². The molecule has 1 heterocycles. The van der Waals surface area contributed by atoms with Crippen molar-refractivity contribution in [3.8, 4) is 5.75 Å². The van der Waals surface area contributed by atoms with Crippen molar-refractivity contribution in [3.63, 3.8) is 0 Å². The predicted molar refractivity (Wildman–Crippen MR) is 76.5 cm³/mol. The number of carbonyl (C=O) groups is 1. The molecule has 19 heavy (non-hydrogen) atoms. The summed E-state index contributed by atoms with van der Waals surface area (Å²) < 4.78 is 5.74. The number of piperidine rings is 1. The van der Waals surface area contributed by atoms with E-state index in [-0.39, 0.29) is 0 Å². The number of nitrogens with zero attached hydrogens (tertiary/aromatic N) is 1. The van der Waals surface area contributed by atoms with Crippen molar-refractivity contribution < 1.29 is 9.53 Å². The minimum absolute atomic E-state index is 0.291.